The third-order valence-electron chi connectivity index (χ3n) is 1.79. The van der Waals surface area contributed by atoms with Crippen LogP contribution in [0.5, 0.6) is 0 Å². The van der Waals surface area contributed by atoms with Crippen molar-refractivity contribution in [1.29, 1.82) is 0 Å². The summed E-state index contributed by atoms with van der Waals surface area (Å²) in [6.07, 6.45) is 5.46. The van der Waals surface area contributed by atoms with Gasteiger partial charge in [-0.05, 0) is 30.7 Å². The average Bonchev–Trinajstić information content (AvgIpc) is 2.05. The highest BCUT2D eigenvalue weighted by Crippen LogP contribution is 2.13. The molecule has 0 fully saturated rings. The Morgan fingerprint density at radius 2 is 2.27 bits per heavy atom. The standard InChI is InChI=1S/C10H10O/c1-8(9(2)11)10-6-4-3-5-7-10/h4,6-8H,1-2H3. The first-order chi connectivity index (χ1) is 5.22. The van der Waals surface area contributed by atoms with Crippen LogP contribution in [0.3, 0.4) is 0 Å². The molecule has 0 saturated heterocycles. The van der Waals surface area contributed by atoms with Crippen molar-refractivity contribution in [3.8, 4) is 0 Å². The topological polar surface area (TPSA) is 17.1 Å². The van der Waals surface area contributed by atoms with Gasteiger partial charge in [0.15, 0.2) is 0 Å². The van der Waals surface area contributed by atoms with E-state index in [0.717, 1.165) is 5.57 Å². The van der Waals surface area contributed by atoms with Crippen LogP contribution in [0.1, 0.15) is 13.8 Å². The molecule has 11 heavy (non-hydrogen) atoms. The first-order valence-electron chi connectivity index (χ1n) is 3.60. The van der Waals surface area contributed by atoms with Crippen LogP contribution in [-0.4, -0.2) is 5.78 Å². The van der Waals surface area contributed by atoms with Gasteiger partial charge in [-0.15, -0.1) is 0 Å². The van der Waals surface area contributed by atoms with Crippen LogP contribution in [0.25, 0.3) is 0 Å². The van der Waals surface area contributed by atoms with Crippen molar-refractivity contribution >= 4 is 5.78 Å². The van der Waals surface area contributed by atoms with Crippen molar-refractivity contribution in [2.45, 2.75) is 13.8 Å². The van der Waals surface area contributed by atoms with Crippen molar-refractivity contribution in [3.05, 3.63) is 35.3 Å². The summed E-state index contributed by atoms with van der Waals surface area (Å²) >= 11 is 0. The van der Waals surface area contributed by atoms with Crippen LogP contribution in [0.15, 0.2) is 35.3 Å². The first-order valence-corrected chi connectivity index (χ1v) is 3.60. The summed E-state index contributed by atoms with van der Waals surface area (Å²) in [6.45, 7) is 3.49. The van der Waals surface area contributed by atoms with Gasteiger partial charge in [0.25, 0.3) is 0 Å². The zero-order valence-electron chi connectivity index (χ0n) is 6.72. The number of Topliss-reactive ketones (excluding diaryl/α,β-unsaturated/α-hetero) is 1. The second-order valence-corrected chi connectivity index (χ2v) is 2.60. The first kappa shape index (κ1) is 7.81. The lowest BCUT2D eigenvalue weighted by molar-refractivity contribution is -0.119. The lowest BCUT2D eigenvalue weighted by Gasteiger charge is -2.07. The summed E-state index contributed by atoms with van der Waals surface area (Å²) in [4.78, 5) is 10.9. The molecule has 0 saturated carbocycles. The van der Waals surface area contributed by atoms with Crippen LogP contribution >= 0.6 is 0 Å². The Labute approximate surface area is 66.4 Å². The summed E-state index contributed by atoms with van der Waals surface area (Å²) in [5, 5.41) is 0. The van der Waals surface area contributed by atoms with Gasteiger partial charge in [-0.2, -0.15) is 0 Å². The molecule has 1 unspecified atom stereocenters. The lowest BCUT2D eigenvalue weighted by atomic mass is 9.96. The largest absolute Gasteiger partial charge is 0.299 e. The summed E-state index contributed by atoms with van der Waals surface area (Å²) in [5.74, 6) is 0.172. The summed E-state index contributed by atoms with van der Waals surface area (Å²) < 4.78 is 0. The lowest BCUT2D eigenvalue weighted by Crippen LogP contribution is -2.07. The van der Waals surface area contributed by atoms with Gasteiger partial charge in [-0.25, -0.2) is 0 Å². The van der Waals surface area contributed by atoms with E-state index in [2.05, 4.69) is 11.5 Å². The minimum Gasteiger partial charge on any atom is -0.299 e. The summed E-state index contributed by atoms with van der Waals surface area (Å²) in [6, 6.07) is 0. The molecular weight excluding hydrogens is 136 g/mol. The van der Waals surface area contributed by atoms with Crippen LogP contribution in [0.4, 0.5) is 0 Å². The van der Waals surface area contributed by atoms with E-state index in [1.165, 1.54) is 0 Å². The highest BCUT2D eigenvalue weighted by atomic mass is 16.1. The molecule has 0 aromatic rings. The van der Waals surface area contributed by atoms with Crippen molar-refractivity contribution in [1.82, 2.24) is 0 Å². The second kappa shape index (κ2) is 3.21. The van der Waals surface area contributed by atoms with Gasteiger partial charge < -0.3 is 0 Å². The zero-order valence-corrected chi connectivity index (χ0v) is 6.72. The third kappa shape index (κ3) is 1.81. The number of ketones is 1. The maximum absolute atomic E-state index is 10.9. The fraction of sp³-hybridized carbons (Fsp3) is 0.300. The van der Waals surface area contributed by atoms with E-state index in [4.69, 9.17) is 0 Å². The van der Waals surface area contributed by atoms with Gasteiger partial charge in [0.1, 0.15) is 5.78 Å². The number of hydrogen-bond acceptors (Lipinski definition) is 1. The Morgan fingerprint density at radius 3 is 2.73 bits per heavy atom. The number of allylic oxidation sites excluding steroid dienone is 4. The molecule has 56 valence electrons. The average molecular weight is 146 g/mol. The Balaban J connectivity index is 2.80. The van der Waals surface area contributed by atoms with Gasteiger partial charge >= 0.3 is 0 Å². The maximum atomic E-state index is 10.9. The van der Waals surface area contributed by atoms with E-state index in [-0.39, 0.29) is 11.7 Å². The molecule has 1 atom stereocenters. The highest BCUT2D eigenvalue weighted by Gasteiger charge is 2.10. The van der Waals surface area contributed by atoms with Crippen LogP contribution in [0.2, 0.25) is 0 Å². The monoisotopic (exact) mass is 146 g/mol. The predicted octanol–water partition coefficient (Wildman–Crippen LogP) is 2.02. The molecule has 0 N–H and O–H groups in total. The summed E-state index contributed by atoms with van der Waals surface area (Å²) in [5.41, 5.74) is 6.62. The van der Waals surface area contributed by atoms with Gasteiger partial charge in [-0.1, -0.05) is 18.4 Å². The minimum absolute atomic E-state index is 0.0131. The van der Waals surface area contributed by atoms with Crippen molar-refractivity contribution in [2.24, 2.45) is 5.92 Å². The van der Waals surface area contributed by atoms with Crippen molar-refractivity contribution in [3.63, 3.8) is 0 Å². The molecule has 1 rings (SSSR count). The van der Waals surface area contributed by atoms with Gasteiger partial charge in [-0.3, -0.25) is 4.79 Å². The van der Waals surface area contributed by atoms with E-state index in [1.54, 1.807) is 19.1 Å². The fourth-order valence-electron chi connectivity index (χ4n) is 0.863. The molecular formula is C10H10O. The Morgan fingerprint density at radius 1 is 1.55 bits per heavy atom. The highest BCUT2D eigenvalue weighted by molar-refractivity contribution is 5.81. The van der Waals surface area contributed by atoms with E-state index in [9.17, 15) is 4.79 Å². The maximum Gasteiger partial charge on any atom is 0.137 e. The van der Waals surface area contributed by atoms with Gasteiger partial charge in [0.2, 0.25) is 0 Å². The van der Waals surface area contributed by atoms with E-state index < -0.39 is 0 Å². The molecule has 1 heteroatoms. The number of hydrogen-bond donors (Lipinski definition) is 0. The second-order valence-electron chi connectivity index (χ2n) is 2.60. The smallest absolute Gasteiger partial charge is 0.137 e. The zero-order chi connectivity index (χ0) is 8.27. The molecule has 1 nitrogen and oxygen atoms in total. The van der Waals surface area contributed by atoms with Crippen molar-refractivity contribution < 1.29 is 4.79 Å². The number of rotatable bonds is 2. The molecule has 0 aliphatic heterocycles. The van der Waals surface area contributed by atoms with Crippen LogP contribution in [0, 0.1) is 5.92 Å². The number of carbonyl (C=O) groups is 1. The SMILES string of the molecule is CC(=O)C(C)C1=CC=C=C=C1. The molecule has 0 bridgehead atoms. The van der Waals surface area contributed by atoms with E-state index >= 15 is 0 Å². The van der Waals surface area contributed by atoms with Gasteiger partial charge in [0.05, 0.1) is 0 Å². The van der Waals surface area contributed by atoms with E-state index in [0.29, 0.717) is 0 Å². The fourth-order valence-corrected chi connectivity index (χ4v) is 0.863. The molecule has 0 aromatic heterocycles. The minimum atomic E-state index is -0.0131. The Bertz CT molecular complexity index is 295. The molecule has 0 aromatic carbocycles. The molecule has 1 aliphatic carbocycles. The normalized spacial score (nSPS) is 16.4. The molecule has 0 heterocycles. The van der Waals surface area contributed by atoms with Crippen LogP contribution in [-0.2, 0) is 4.79 Å². The quantitative estimate of drug-likeness (QED) is 0.545. The molecule has 0 radical (unpaired) electrons. The number of carbonyl (C=O) groups excluding carboxylic acids is 1. The molecule has 0 spiro atoms. The summed E-state index contributed by atoms with van der Waals surface area (Å²) in [7, 11) is 0. The Kier molecular flexibility index (Phi) is 2.28. The van der Waals surface area contributed by atoms with Gasteiger partial charge in [0, 0.05) is 5.92 Å². The molecule has 0 amide bonds. The Hall–Kier alpha value is -1.29. The van der Waals surface area contributed by atoms with E-state index in [1.807, 2.05) is 13.0 Å². The molecule has 1 aliphatic rings. The predicted molar refractivity (Wildman–Crippen MR) is 44.1 cm³/mol. The van der Waals surface area contributed by atoms with Crippen LogP contribution < -0.4 is 0 Å². The third-order valence-corrected chi connectivity index (χ3v) is 1.79. The van der Waals surface area contributed by atoms with Crippen molar-refractivity contribution in [2.75, 3.05) is 0 Å².